The van der Waals surface area contributed by atoms with Crippen molar-refractivity contribution in [2.45, 2.75) is 25.7 Å². The number of carbonyl (C=O) groups is 1. The molecule has 0 radical (unpaired) electrons. The minimum Gasteiger partial charge on any atom is -0.383 e. The van der Waals surface area contributed by atoms with Gasteiger partial charge in [-0.1, -0.05) is 0 Å². The number of nitrogen functional groups attached to an aromatic ring is 1. The van der Waals surface area contributed by atoms with Gasteiger partial charge in [0.25, 0.3) is 5.91 Å². The molecule has 1 aliphatic rings. The van der Waals surface area contributed by atoms with Crippen molar-refractivity contribution < 1.29 is 4.79 Å². The highest BCUT2D eigenvalue weighted by molar-refractivity contribution is 5.98. The molecule has 1 heterocycles. The van der Waals surface area contributed by atoms with Crippen molar-refractivity contribution in [2.75, 3.05) is 5.73 Å². The van der Waals surface area contributed by atoms with Gasteiger partial charge in [0.2, 0.25) is 0 Å². The molecule has 1 amide bonds. The predicted octanol–water partition coefficient (Wildman–Crippen LogP) is 0.344. The van der Waals surface area contributed by atoms with Gasteiger partial charge < -0.3 is 11.5 Å². The van der Waals surface area contributed by atoms with Crippen molar-refractivity contribution in [3.05, 3.63) is 17.1 Å². The lowest BCUT2D eigenvalue weighted by Gasteiger charge is -2.06. The molecule has 0 spiro atoms. The number of primary amides is 1. The molecule has 0 aromatic carbocycles. The van der Waals surface area contributed by atoms with Crippen LogP contribution >= 0.6 is 0 Å². The quantitative estimate of drug-likeness (QED) is 0.706. The Bertz CT molecular complexity index is 375. The standard InChI is InChI=1S/C9H12N4O/c1-4-6(8(11)14)7(10)13-9(12-4)5-2-3-5/h5H,2-3H2,1H3,(H2,11,14)(H2,10,12,13). The molecule has 1 saturated carbocycles. The Hall–Kier alpha value is -1.65. The zero-order valence-corrected chi connectivity index (χ0v) is 7.95. The van der Waals surface area contributed by atoms with Crippen LogP contribution in [0.25, 0.3) is 0 Å². The van der Waals surface area contributed by atoms with Crippen LogP contribution in [0.2, 0.25) is 0 Å². The number of nitrogens with two attached hydrogens (primary N) is 2. The Morgan fingerprint density at radius 3 is 2.50 bits per heavy atom. The Labute approximate surface area is 81.5 Å². The van der Waals surface area contributed by atoms with E-state index in [1.807, 2.05) is 0 Å². The van der Waals surface area contributed by atoms with Crippen molar-refractivity contribution >= 4 is 11.7 Å². The molecule has 74 valence electrons. The third-order valence-electron chi connectivity index (χ3n) is 2.32. The molecule has 0 atom stereocenters. The van der Waals surface area contributed by atoms with E-state index in [0.717, 1.165) is 18.7 Å². The average molecular weight is 192 g/mol. The molecule has 4 N–H and O–H groups in total. The van der Waals surface area contributed by atoms with Crippen molar-refractivity contribution in [1.82, 2.24) is 9.97 Å². The monoisotopic (exact) mass is 192 g/mol. The normalized spacial score (nSPS) is 15.5. The number of hydrogen-bond donors (Lipinski definition) is 2. The number of amides is 1. The maximum absolute atomic E-state index is 11.0. The average Bonchev–Trinajstić information content (AvgIpc) is 2.83. The lowest BCUT2D eigenvalue weighted by Crippen LogP contribution is -2.18. The van der Waals surface area contributed by atoms with Crippen LogP contribution in [0.15, 0.2) is 0 Å². The number of carbonyl (C=O) groups excluding carboxylic acids is 1. The molecule has 1 fully saturated rings. The van der Waals surface area contributed by atoms with Crippen LogP contribution in [0, 0.1) is 6.92 Å². The zero-order valence-electron chi connectivity index (χ0n) is 7.95. The van der Waals surface area contributed by atoms with Gasteiger partial charge >= 0.3 is 0 Å². The first-order valence-corrected chi connectivity index (χ1v) is 4.53. The van der Waals surface area contributed by atoms with E-state index < -0.39 is 5.91 Å². The fourth-order valence-electron chi connectivity index (χ4n) is 1.45. The van der Waals surface area contributed by atoms with Gasteiger partial charge in [0.15, 0.2) is 0 Å². The topological polar surface area (TPSA) is 94.9 Å². The van der Waals surface area contributed by atoms with Crippen LogP contribution in [0.1, 0.15) is 40.6 Å². The lowest BCUT2D eigenvalue weighted by molar-refractivity contribution is 0.1000. The number of aryl methyl sites for hydroxylation is 1. The largest absolute Gasteiger partial charge is 0.383 e. The Kier molecular flexibility index (Phi) is 1.87. The number of nitrogens with zero attached hydrogens (tertiary/aromatic N) is 2. The summed E-state index contributed by atoms with van der Waals surface area (Å²) in [6, 6.07) is 0. The van der Waals surface area contributed by atoms with Gasteiger partial charge in [0, 0.05) is 5.92 Å². The molecule has 1 aromatic heterocycles. The Morgan fingerprint density at radius 2 is 2.07 bits per heavy atom. The van der Waals surface area contributed by atoms with E-state index in [2.05, 4.69) is 9.97 Å². The van der Waals surface area contributed by atoms with Crippen LogP contribution in [0.4, 0.5) is 5.82 Å². The molecule has 0 aliphatic heterocycles. The summed E-state index contributed by atoms with van der Waals surface area (Å²) in [6.07, 6.45) is 2.21. The van der Waals surface area contributed by atoms with Gasteiger partial charge in [-0.2, -0.15) is 0 Å². The summed E-state index contributed by atoms with van der Waals surface area (Å²) in [5.41, 5.74) is 11.6. The maximum atomic E-state index is 11.0. The number of hydrogen-bond acceptors (Lipinski definition) is 4. The molecule has 0 unspecified atom stereocenters. The summed E-state index contributed by atoms with van der Waals surface area (Å²) >= 11 is 0. The second-order valence-electron chi connectivity index (χ2n) is 3.57. The van der Waals surface area contributed by atoms with Gasteiger partial charge in [-0.15, -0.1) is 0 Å². The van der Waals surface area contributed by atoms with Crippen molar-refractivity contribution in [1.29, 1.82) is 0 Å². The molecule has 2 rings (SSSR count). The van der Waals surface area contributed by atoms with Crippen molar-refractivity contribution in [2.24, 2.45) is 5.73 Å². The third-order valence-corrected chi connectivity index (χ3v) is 2.32. The van der Waals surface area contributed by atoms with Gasteiger partial charge in [-0.05, 0) is 19.8 Å². The summed E-state index contributed by atoms with van der Waals surface area (Å²) in [7, 11) is 0. The number of anilines is 1. The van der Waals surface area contributed by atoms with E-state index in [-0.39, 0.29) is 11.4 Å². The highest BCUT2D eigenvalue weighted by Gasteiger charge is 2.28. The highest BCUT2D eigenvalue weighted by atomic mass is 16.1. The summed E-state index contributed by atoms with van der Waals surface area (Å²) in [6.45, 7) is 1.73. The summed E-state index contributed by atoms with van der Waals surface area (Å²) in [5.74, 6) is 0.803. The van der Waals surface area contributed by atoms with E-state index in [0.29, 0.717) is 11.6 Å². The van der Waals surface area contributed by atoms with Crippen LogP contribution in [-0.4, -0.2) is 15.9 Å². The van der Waals surface area contributed by atoms with Gasteiger partial charge in [0.05, 0.1) is 5.69 Å². The van der Waals surface area contributed by atoms with Gasteiger partial charge in [-0.3, -0.25) is 4.79 Å². The summed E-state index contributed by atoms with van der Waals surface area (Å²) in [5, 5.41) is 0. The zero-order chi connectivity index (χ0) is 10.3. The molecule has 14 heavy (non-hydrogen) atoms. The second kappa shape index (κ2) is 2.94. The first-order valence-electron chi connectivity index (χ1n) is 4.53. The lowest BCUT2D eigenvalue weighted by atomic mass is 10.2. The molecular formula is C9H12N4O. The smallest absolute Gasteiger partial charge is 0.254 e. The predicted molar refractivity (Wildman–Crippen MR) is 51.7 cm³/mol. The minimum atomic E-state index is -0.567. The van der Waals surface area contributed by atoms with Crippen molar-refractivity contribution in [3.63, 3.8) is 0 Å². The number of rotatable bonds is 2. The highest BCUT2D eigenvalue weighted by Crippen LogP contribution is 2.38. The molecule has 1 aromatic rings. The molecule has 0 bridgehead atoms. The van der Waals surface area contributed by atoms with E-state index in [4.69, 9.17) is 11.5 Å². The van der Waals surface area contributed by atoms with E-state index in [9.17, 15) is 4.79 Å². The van der Waals surface area contributed by atoms with Crippen LogP contribution in [-0.2, 0) is 0 Å². The van der Waals surface area contributed by atoms with Crippen molar-refractivity contribution in [3.8, 4) is 0 Å². The minimum absolute atomic E-state index is 0.201. The first-order chi connectivity index (χ1) is 6.59. The van der Waals surface area contributed by atoms with Gasteiger partial charge in [-0.25, -0.2) is 9.97 Å². The molecule has 0 saturated heterocycles. The maximum Gasteiger partial charge on any atom is 0.254 e. The SMILES string of the molecule is Cc1nc(C2CC2)nc(N)c1C(N)=O. The van der Waals surface area contributed by atoms with E-state index in [1.54, 1.807) is 6.92 Å². The fraction of sp³-hybridized carbons (Fsp3) is 0.444. The molecule has 5 heteroatoms. The first kappa shape index (κ1) is 8.93. The van der Waals surface area contributed by atoms with Crippen LogP contribution in [0.3, 0.4) is 0 Å². The Morgan fingerprint density at radius 1 is 1.43 bits per heavy atom. The summed E-state index contributed by atoms with van der Waals surface area (Å²) in [4.78, 5) is 19.3. The molecule has 5 nitrogen and oxygen atoms in total. The van der Waals surface area contributed by atoms with E-state index >= 15 is 0 Å². The van der Waals surface area contributed by atoms with Gasteiger partial charge in [0.1, 0.15) is 17.2 Å². The summed E-state index contributed by atoms with van der Waals surface area (Å²) < 4.78 is 0. The van der Waals surface area contributed by atoms with Crippen LogP contribution < -0.4 is 11.5 Å². The second-order valence-corrected chi connectivity index (χ2v) is 3.57. The molecular weight excluding hydrogens is 180 g/mol. The fourth-order valence-corrected chi connectivity index (χ4v) is 1.45. The van der Waals surface area contributed by atoms with E-state index in [1.165, 1.54) is 0 Å². The van der Waals surface area contributed by atoms with Crippen LogP contribution in [0.5, 0.6) is 0 Å². The third kappa shape index (κ3) is 1.41. The Balaban J connectivity index is 2.49. The molecule has 1 aliphatic carbocycles. The number of aromatic nitrogens is 2.